The summed E-state index contributed by atoms with van der Waals surface area (Å²) in [6.45, 7) is 5.45. The third-order valence-corrected chi connectivity index (χ3v) is 5.32. The van der Waals surface area contributed by atoms with Crippen LogP contribution in [0.3, 0.4) is 0 Å². The molecule has 0 saturated heterocycles. The molecule has 4 heterocycles. The summed E-state index contributed by atoms with van der Waals surface area (Å²) in [6, 6.07) is 0. The number of nitrogens with zero attached hydrogens (tertiary/aromatic N) is 4. The summed E-state index contributed by atoms with van der Waals surface area (Å²) in [6.07, 6.45) is 3.60. The Balaban J connectivity index is 1.67. The Morgan fingerprint density at radius 3 is 3.23 bits per heavy atom. The topological polar surface area (TPSA) is 57.5 Å². The van der Waals surface area contributed by atoms with Crippen molar-refractivity contribution in [2.24, 2.45) is 9.98 Å². The van der Waals surface area contributed by atoms with Crippen molar-refractivity contribution in [1.82, 2.24) is 9.80 Å². The second-order valence-corrected chi connectivity index (χ2v) is 6.63. The molecular weight excluding hydrogens is 300 g/mol. The van der Waals surface area contributed by atoms with Crippen LogP contribution in [0.1, 0.15) is 29.3 Å². The number of amides is 1. The number of amidine groups is 1. The average Bonchev–Trinajstić information content (AvgIpc) is 2.93. The molecule has 0 fully saturated rings. The predicted molar refractivity (Wildman–Crippen MR) is 86.3 cm³/mol. The van der Waals surface area contributed by atoms with Gasteiger partial charge in [-0.3, -0.25) is 4.99 Å². The molecule has 4 rings (SSSR count). The van der Waals surface area contributed by atoms with E-state index in [0.717, 1.165) is 36.8 Å². The van der Waals surface area contributed by atoms with Crippen LogP contribution >= 0.6 is 11.3 Å². The zero-order chi connectivity index (χ0) is 15.1. The van der Waals surface area contributed by atoms with E-state index in [4.69, 9.17) is 9.73 Å². The van der Waals surface area contributed by atoms with Crippen molar-refractivity contribution in [1.29, 1.82) is 0 Å². The van der Waals surface area contributed by atoms with Crippen LogP contribution in [0, 0.1) is 0 Å². The highest BCUT2D eigenvalue weighted by molar-refractivity contribution is 7.16. The Morgan fingerprint density at radius 1 is 1.45 bits per heavy atom. The van der Waals surface area contributed by atoms with Crippen LogP contribution in [0.15, 0.2) is 9.98 Å². The Labute approximate surface area is 133 Å². The van der Waals surface area contributed by atoms with E-state index in [0.29, 0.717) is 19.7 Å². The summed E-state index contributed by atoms with van der Waals surface area (Å²) in [7, 11) is 0. The van der Waals surface area contributed by atoms with Crippen LogP contribution in [0.4, 0.5) is 9.80 Å². The van der Waals surface area contributed by atoms with Crippen molar-refractivity contribution in [2.75, 3.05) is 26.2 Å². The van der Waals surface area contributed by atoms with Crippen LogP contribution in [-0.2, 0) is 17.7 Å². The van der Waals surface area contributed by atoms with Gasteiger partial charge in [0.1, 0.15) is 10.8 Å². The summed E-state index contributed by atoms with van der Waals surface area (Å²) in [4.78, 5) is 26.4. The Morgan fingerprint density at radius 2 is 2.36 bits per heavy atom. The molecule has 3 aliphatic rings. The van der Waals surface area contributed by atoms with E-state index in [1.165, 1.54) is 16.0 Å². The van der Waals surface area contributed by atoms with Crippen LogP contribution < -0.4 is 0 Å². The molecule has 0 spiro atoms. The standard InChI is InChI=1S/C15H18N4O2S/c1-2-21-15(20)18-7-4-10-11(8-18)22-14-12(10)13-16-5-3-6-19(13)9-17-14/h9H,2-8H2,1H3. The number of fused-ring (bicyclic) bond motifs is 5. The molecule has 1 amide bonds. The number of aliphatic imine (C=N–C) groups is 2. The quantitative estimate of drug-likeness (QED) is 0.799. The summed E-state index contributed by atoms with van der Waals surface area (Å²) in [5, 5.41) is 1.03. The number of hydrogen-bond donors (Lipinski definition) is 0. The molecule has 1 aromatic rings. The van der Waals surface area contributed by atoms with E-state index in [1.807, 2.05) is 13.3 Å². The predicted octanol–water partition coefficient (Wildman–Crippen LogP) is 2.39. The van der Waals surface area contributed by atoms with Gasteiger partial charge in [0.25, 0.3) is 0 Å². The lowest BCUT2D eigenvalue weighted by Gasteiger charge is -2.30. The van der Waals surface area contributed by atoms with Gasteiger partial charge in [0.15, 0.2) is 0 Å². The molecule has 22 heavy (non-hydrogen) atoms. The van der Waals surface area contributed by atoms with Crippen molar-refractivity contribution in [2.45, 2.75) is 26.3 Å². The fourth-order valence-corrected chi connectivity index (χ4v) is 4.36. The van der Waals surface area contributed by atoms with Crippen LogP contribution in [0.5, 0.6) is 0 Å². The van der Waals surface area contributed by atoms with Gasteiger partial charge in [0.05, 0.1) is 25.1 Å². The van der Waals surface area contributed by atoms with Crippen molar-refractivity contribution in [3.05, 3.63) is 16.0 Å². The van der Waals surface area contributed by atoms with Gasteiger partial charge < -0.3 is 14.5 Å². The molecule has 0 atom stereocenters. The number of carbonyl (C=O) groups excluding carboxylic acids is 1. The SMILES string of the molecule is CCOC(=O)N1CCc2c(sc3c2C2=NCCCN2C=N3)C1. The molecule has 0 aromatic carbocycles. The number of hydrogen-bond acceptors (Lipinski definition) is 6. The van der Waals surface area contributed by atoms with E-state index < -0.39 is 0 Å². The molecule has 6 nitrogen and oxygen atoms in total. The Kier molecular flexibility index (Phi) is 3.37. The maximum atomic E-state index is 11.9. The van der Waals surface area contributed by atoms with Crippen molar-refractivity contribution >= 4 is 34.6 Å². The Hall–Kier alpha value is -1.89. The normalized spacial score (nSPS) is 19.2. The summed E-state index contributed by atoms with van der Waals surface area (Å²) in [5.41, 5.74) is 2.52. The highest BCUT2D eigenvalue weighted by atomic mass is 32.1. The summed E-state index contributed by atoms with van der Waals surface area (Å²) < 4.78 is 5.11. The van der Waals surface area contributed by atoms with E-state index in [-0.39, 0.29) is 6.09 Å². The molecule has 3 aliphatic heterocycles. The monoisotopic (exact) mass is 318 g/mol. The fraction of sp³-hybridized carbons (Fsp3) is 0.533. The van der Waals surface area contributed by atoms with Gasteiger partial charge in [-0.1, -0.05) is 0 Å². The first kappa shape index (κ1) is 13.8. The largest absolute Gasteiger partial charge is 0.450 e. The molecule has 0 bridgehead atoms. The minimum atomic E-state index is -0.223. The first-order valence-corrected chi connectivity index (χ1v) is 8.51. The van der Waals surface area contributed by atoms with E-state index in [2.05, 4.69) is 9.89 Å². The van der Waals surface area contributed by atoms with Crippen molar-refractivity contribution in [3.8, 4) is 0 Å². The van der Waals surface area contributed by atoms with Crippen molar-refractivity contribution < 1.29 is 9.53 Å². The molecule has 0 saturated carbocycles. The Bertz CT molecular complexity index is 679. The first-order valence-electron chi connectivity index (χ1n) is 7.70. The summed E-state index contributed by atoms with van der Waals surface area (Å²) >= 11 is 1.68. The molecule has 7 heteroatoms. The van der Waals surface area contributed by atoms with Crippen molar-refractivity contribution in [3.63, 3.8) is 0 Å². The van der Waals surface area contributed by atoms with Crippen LogP contribution in [0.25, 0.3) is 0 Å². The molecule has 0 radical (unpaired) electrons. The molecule has 0 aliphatic carbocycles. The van der Waals surface area contributed by atoms with E-state index in [1.54, 1.807) is 16.2 Å². The zero-order valence-corrected chi connectivity index (χ0v) is 13.4. The van der Waals surface area contributed by atoms with Gasteiger partial charge in [0.2, 0.25) is 0 Å². The van der Waals surface area contributed by atoms with Crippen LogP contribution in [-0.4, -0.2) is 54.3 Å². The van der Waals surface area contributed by atoms with Gasteiger partial charge in [-0.05, 0) is 25.3 Å². The number of ether oxygens (including phenoxy) is 1. The average molecular weight is 318 g/mol. The lowest BCUT2D eigenvalue weighted by atomic mass is 10.0. The maximum Gasteiger partial charge on any atom is 0.410 e. The van der Waals surface area contributed by atoms with E-state index >= 15 is 0 Å². The minimum Gasteiger partial charge on any atom is -0.450 e. The van der Waals surface area contributed by atoms with Gasteiger partial charge in [0, 0.05) is 24.5 Å². The lowest BCUT2D eigenvalue weighted by molar-refractivity contribution is 0.103. The maximum absolute atomic E-state index is 11.9. The second kappa shape index (κ2) is 5.39. The number of rotatable bonds is 1. The van der Waals surface area contributed by atoms with Gasteiger partial charge in [-0.15, -0.1) is 11.3 Å². The van der Waals surface area contributed by atoms with Gasteiger partial charge in [-0.25, -0.2) is 9.79 Å². The lowest BCUT2D eigenvalue weighted by Crippen LogP contribution is -2.39. The first-order chi connectivity index (χ1) is 10.8. The minimum absolute atomic E-state index is 0.223. The van der Waals surface area contributed by atoms with Gasteiger partial charge >= 0.3 is 6.09 Å². The molecule has 0 N–H and O–H groups in total. The van der Waals surface area contributed by atoms with Gasteiger partial charge in [-0.2, -0.15) is 0 Å². The second-order valence-electron chi connectivity index (χ2n) is 5.55. The third kappa shape index (κ3) is 2.11. The number of thiophene rings is 1. The highest BCUT2D eigenvalue weighted by Crippen LogP contribution is 2.41. The van der Waals surface area contributed by atoms with Crippen LogP contribution in [0.2, 0.25) is 0 Å². The third-order valence-electron chi connectivity index (χ3n) is 4.19. The summed E-state index contributed by atoms with van der Waals surface area (Å²) in [5.74, 6) is 1.07. The molecule has 1 aromatic heterocycles. The molecule has 116 valence electrons. The smallest absolute Gasteiger partial charge is 0.410 e. The fourth-order valence-electron chi connectivity index (χ4n) is 3.16. The zero-order valence-electron chi connectivity index (χ0n) is 12.5. The molecular formula is C15H18N4O2S. The van der Waals surface area contributed by atoms with E-state index in [9.17, 15) is 4.79 Å². The number of carbonyl (C=O) groups is 1. The highest BCUT2D eigenvalue weighted by Gasteiger charge is 2.32. The molecule has 0 unspecified atom stereocenters.